The van der Waals surface area contributed by atoms with Crippen molar-refractivity contribution in [2.24, 2.45) is 4.99 Å². The van der Waals surface area contributed by atoms with Crippen molar-refractivity contribution in [2.45, 2.75) is 38.1 Å². The molecule has 2 fully saturated rings. The second-order valence-corrected chi connectivity index (χ2v) is 6.11. The fraction of sp³-hybridized carbons (Fsp3) is 0.400. The van der Waals surface area contributed by atoms with E-state index in [0.717, 1.165) is 23.6 Å². The number of rotatable bonds is 2. The van der Waals surface area contributed by atoms with Gasteiger partial charge in [-0.2, -0.15) is 0 Å². The highest BCUT2D eigenvalue weighted by Crippen LogP contribution is 2.28. The van der Waals surface area contributed by atoms with Crippen LogP contribution in [0.3, 0.4) is 0 Å². The summed E-state index contributed by atoms with van der Waals surface area (Å²) in [5, 5.41) is 3.60. The first-order valence-electron chi connectivity index (χ1n) is 7.00. The molecule has 0 atom stereocenters. The molecule has 2 aliphatic rings. The Labute approximate surface area is 122 Å². The van der Waals surface area contributed by atoms with Gasteiger partial charge >= 0.3 is 0 Å². The Balaban J connectivity index is 1.72. The van der Waals surface area contributed by atoms with Gasteiger partial charge in [0.1, 0.15) is 0 Å². The van der Waals surface area contributed by atoms with Gasteiger partial charge < -0.3 is 5.32 Å². The number of carbonyl (C=O) groups excluding carboxylic acids is 1. The zero-order valence-corrected chi connectivity index (χ0v) is 12.0. The minimum absolute atomic E-state index is 0.0617. The topological polar surface area (TPSA) is 54.4 Å². The summed E-state index contributed by atoms with van der Waals surface area (Å²) >= 11 is 1.43. The van der Waals surface area contributed by atoms with E-state index < -0.39 is 0 Å². The Morgan fingerprint density at radius 3 is 2.95 bits per heavy atom. The maximum atomic E-state index is 11.9. The van der Waals surface area contributed by atoms with Crippen LogP contribution in [-0.4, -0.2) is 22.1 Å². The summed E-state index contributed by atoms with van der Waals surface area (Å²) in [5.41, 5.74) is 0.934. The van der Waals surface area contributed by atoms with Crippen LogP contribution in [0.4, 0.5) is 0 Å². The van der Waals surface area contributed by atoms with Crippen molar-refractivity contribution < 1.29 is 4.79 Å². The Morgan fingerprint density at radius 2 is 2.20 bits per heavy atom. The Hall–Kier alpha value is -1.62. The standard InChI is InChI=1S/C15H17N3OS/c19-14-13(9-11-5-4-8-16-10-11)20-15(18-14)17-12-6-2-1-3-7-12/h4-5,8-10,12H,1-3,6-7H2,(H,17,18,19)/b13-9-. The molecule has 1 saturated heterocycles. The number of hydrogen-bond acceptors (Lipinski definition) is 4. The molecule has 4 nitrogen and oxygen atoms in total. The van der Waals surface area contributed by atoms with E-state index in [9.17, 15) is 4.79 Å². The number of thioether (sulfide) groups is 1. The minimum Gasteiger partial charge on any atom is -0.301 e. The van der Waals surface area contributed by atoms with Crippen molar-refractivity contribution in [1.82, 2.24) is 10.3 Å². The number of pyridine rings is 1. The van der Waals surface area contributed by atoms with Crippen molar-refractivity contribution >= 4 is 28.9 Å². The molecule has 0 spiro atoms. The fourth-order valence-corrected chi connectivity index (χ4v) is 3.37. The van der Waals surface area contributed by atoms with E-state index in [2.05, 4.69) is 15.3 Å². The third kappa shape index (κ3) is 3.28. The van der Waals surface area contributed by atoms with E-state index in [0.29, 0.717) is 10.9 Å². The van der Waals surface area contributed by atoms with Gasteiger partial charge in [0.25, 0.3) is 5.91 Å². The van der Waals surface area contributed by atoms with Gasteiger partial charge in [-0.25, -0.2) is 0 Å². The average Bonchev–Trinajstić information content (AvgIpc) is 2.81. The number of carbonyl (C=O) groups is 1. The fourth-order valence-electron chi connectivity index (χ4n) is 2.48. The lowest BCUT2D eigenvalue weighted by Gasteiger charge is -2.17. The molecule has 1 aliphatic carbocycles. The number of nitrogens with zero attached hydrogens (tertiary/aromatic N) is 2. The van der Waals surface area contributed by atoms with Crippen molar-refractivity contribution in [1.29, 1.82) is 0 Å². The first-order chi connectivity index (χ1) is 9.81. The van der Waals surface area contributed by atoms with E-state index in [1.807, 2.05) is 18.2 Å². The second-order valence-electron chi connectivity index (χ2n) is 5.08. The maximum absolute atomic E-state index is 11.9. The SMILES string of the molecule is O=C1NC(=NC2CCCCC2)S/C1=C\c1cccnc1. The predicted octanol–water partition coefficient (Wildman–Crippen LogP) is 2.97. The molecule has 1 N–H and O–H groups in total. The van der Waals surface area contributed by atoms with Crippen molar-refractivity contribution in [3.05, 3.63) is 35.0 Å². The summed E-state index contributed by atoms with van der Waals surface area (Å²) < 4.78 is 0. The number of nitrogens with one attached hydrogen (secondary N) is 1. The molecular weight excluding hydrogens is 270 g/mol. The molecular formula is C15H17N3OS. The molecule has 0 radical (unpaired) electrons. The van der Waals surface area contributed by atoms with Crippen molar-refractivity contribution in [2.75, 3.05) is 0 Å². The van der Waals surface area contributed by atoms with Crippen LogP contribution in [0.5, 0.6) is 0 Å². The van der Waals surface area contributed by atoms with Gasteiger partial charge in [-0.15, -0.1) is 0 Å². The summed E-state index contributed by atoms with van der Waals surface area (Å²) in [7, 11) is 0. The quantitative estimate of drug-likeness (QED) is 0.851. The number of hydrogen-bond donors (Lipinski definition) is 1. The zero-order chi connectivity index (χ0) is 13.8. The number of aliphatic imine (C=N–C) groups is 1. The van der Waals surface area contributed by atoms with Gasteiger partial charge in [-0.3, -0.25) is 14.8 Å². The van der Waals surface area contributed by atoms with E-state index >= 15 is 0 Å². The summed E-state index contributed by atoms with van der Waals surface area (Å²) in [6.45, 7) is 0. The first kappa shape index (κ1) is 13.4. The Bertz CT molecular complexity index is 547. The molecule has 1 aliphatic heterocycles. The van der Waals surface area contributed by atoms with E-state index in [-0.39, 0.29) is 5.91 Å². The van der Waals surface area contributed by atoms with Gasteiger partial charge in [-0.05, 0) is 42.3 Å². The second kappa shape index (κ2) is 6.22. The lowest BCUT2D eigenvalue weighted by atomic mass is 9.96. The highest BCUT2D eigenvalue weighted by molar-refractivity contribution is 8.18. The Morgan fingerprint density at radius 1 is 1.35 bits per heavy atom. The number of amides is 1. The van der Waals surface area contributed by atoms with Crippen molar-refractivity contribution in [3.63, 3.8) is 0 Å². The number of aromatic nitrogens is 1. The van der Waals surface area contributed by atoms with Gasteiger partial charge in [-0.1, -0.05) is 25.3 Å². The molecule has 5 heteroatoms. The maximum Gasteiger partial charge on any atom is 0.264 e. The minimum atomic E-state index is -0.0617. The van der Waals surface area contributed by atoms with Gasteiger partial charge in [0.15, 0.2) is 5.17 Å². The molecule has 1 aromatic heterocycles. The van der Waals surface area contributed by atoms with Crippen molar-refractivity contribution in [3.8, 4) is 0 Å². The lowest BCUT2D eigenvalue weighted by Crippen LogP contribution is -2.22. The van der Waals surface area contributed by atoms with E-state index in [4.69, 9.17) is 0 Å². The smallest absolute Gasteiger partial charge is 0.264 e. The normalized spacial score (nSPS) is 24.3. The third-order valence-electron chi connectivity index (χ3n) is 3.51. The van der Waals surface area contributed by atoms with Crippen LogP contribution in [0.2, 0.25) is 0 Å². The molecule has 3 rings (SSSR count). The van der Waals surface area contributed by atoms with E-state index in [1.54, 1.807) is 12.4 Å². The van der Waals surface area contributed by atoms with Gasteiger partial charge in [0, 0.05) is 12.4 Å². The Kier molecular flexibility index (Phi) is 4.16. The molecule has 0 bridgehead atoms. The summed E-state index contributed by atoms with van der Waals surface area (Å²) in [4.78, 5) is 21.3. The van der Waals surface area contributed by atoms with Crippen LogP contribution in [0.15, 0.2) is 34.4 Å². The monoisotopic (exact) mass is 287 g/mol. The molecule has 1 saturated carbocycles. The van der Waals surface area contributed by atoms with E-state index in [1.165, 1.54) is 31.0 Å². The molecule has 0 unspecified atom stereocenters. The highest BCUT2D eigenvalue weighted by atomic mass is 32.2. The summed E-state index contributed by atoms with van der Waals surface area (Å²) in [5.74, 6) is -0.0617. The van der Waals surface area contributed by atoms with Gasteiger partial charge in [0.05, 0.1) is 10.9 Å². The molecule has 1 amide bonds. The van der Waals surface area contributed by atoms with Gasteiger partial charge in [0.2, 0.25) is 0 Å². The van der Waals surface area contributed by atoms with Crippen LogP contribution in [0, 0.1) is 0 Å². The molecule has 20 heavy (non-hydrogen) atoms. The first-order valence-corrected chi connectivity index (χ1v) is 7.81. The molecule has 1 aromatic rings. The predicted molar refractivity (Wildman–Crippen MR) is 82.3 cm³/mol. The molecule has 104 valence electrons. The van der Waals surface area contributed by atoms with Crippen LogP contribution >= 0.6 is 11.8 Å². The van der Waals surface area contributed by atoms with Crippen LogP contribution in [0.25, 0.3) is 6.08 Å². The summed E-state index contributed by atoms with van der Waals surface area (Å²) in [6, 6.07) is 4.18. The number of amidine groups is 1. The summed E-state index contributed by atoms with van der Waals surface area (Å²) in [6.07, 6.45) is 11.4. The molecule has 0 aromatic carbocycles. The van der Waals surface area contributed by atoms with Crippen LogP contribution < -0.4 is 5.32 Å². The van der Waals surface area contributed by atoms with Crippen LogP contribution in [-0.2, 0) is 4.79 Å². The molecule has 2 heterocycles. The zero-order valence-electron chi connectivity index (χ0n) is 11.2. The third-order valence-corrected chi connectivity index (χ3v) is 4.43. The largest absolute Gasteiger partial charge is 0.301 e. The van der Waals surface area contributed by atoms with Crippen LogP contribution in [0.1, 0.15) is 37.7 Å². The lowest BCUT2D eigenvalue weighted by molar-refractivity contribution is -0.115. The average molecular weight is 287 g/mol. The highest BCUT2D eigenvalue weighted by Gasteiger charge is 2.25.